The van der Waals surface area contributed by atoms with Crippen LogP contribution in [0.5, 0.6) is 11.5 Å². The van der Waals surface area contributed by atoms with E-state index in [4.69, 9.17) is 19.4 Å². The van der Waals surface area contributed by atoms with Gasteiger partial charge in [-0.25, -0.2) is 14.8 Å². The van der Waals surface area contributed by atoms with Crippen molar-refractivity contribution in [2.24, 2.45) is 7.05 Å². The maximum Gasteiger partial charge on any atom is 0.341 e. The van der Waals surface area contributed by atoms with E-state index in [-0.39, 0.29) is 37.3 Å². The number of fused-ring (bicyclic) bond motifs is 2. The lowest BCUT2D eigenvalue weighted by molar-refractivity contribution is 0.0521. The number of amides is 1. The molecule has 4 aromatic carbocycles. The average molecular weight is 632 g/mol. The van der Waals surface area contributed by atoms with E-state index < -0.39 is 11.9 Å². The number of esters is 1. The number of carbonyl (C=O) groups excluding carboxylic acids is 3. The van der Waals surface area contributed by atoms with Crippen LogP contribution in [0.4, 0.5) is 0 Å². The minimum absolute atomic E-state index is 0.0510. The summed E-state index contributed by atoms with van der Waals surface area (Å²) in [6, 6.07) is 25.7. The molecular formula is C36H33N5O6. The second kappa shape index (κ2) is 13.2. The number of aromatic hydroxyl groups is 1. The molecule has 6 aromatic rings. The molecule has 0 radical (unpaired) electrons. The molecule has 0 fully saturated rings. The van der Waals surface area contributed by atoms with Crippen molar-refractivity contribution >= 4 is 39.9 Å². The van der Waals surface area contributed by atoms with E-state index in [2.05, 4.69) is 5.32 Å². The average Bonchev–Trinajstić information content (AvgIpc) is 3.63. The Labute approximate surface area is 270 Å². The molecule has 0 saturated carbocycles. The Morgan fingerprint density at radius 3 is 2.38 bits per heavy atom. The van der Waals surface area contributed by atoms with E-state index in [1.165, 1.54) is 12.1 Å². The molecule has 6 rings (SSSR count). The first-order valence-electron chi connectivity index (χ1n) is 15.2. The van der Waals surface area contributed by atoms with Crippen molar-refractivity contribution in [2.45, 2.75) is 19.8 Å². The number of rotatable bonds is 10. The van der Waals surface area contributed by atoms with Crippen LogP contribution in [0.1, 0.15) is 62.5 Å². The molecule has 1 atom stereocenters. The van der Waals surface area contributed by atoms with E-state index in [0.29, 0.717) is 50.6 Å². The first-order chi connectivity index (χ1) is 22.8. The predicted octanol–water partition coefficient (Wildman–Crippen LogP) is 5.45. The van der Waals surface area contributed by atoms with Gasteiger partial charge >= 0.3 is 5.97 Å². The lowest BCUT2D eigenvalue weighted by Crippen LogP contribution is -2.28. The number of para-hydroxylation sites is 1. The van der Waals surface area contributed by atoms with Crippen molar-refractivity contribution in [3.63, 3.8) is 0 Å². The van der Waals surface area contributed by atoms with Gasteiger partial charge in [0, 0.05) is 24.2 Å². The minimum Gasteiger partial charge on any atom is -0.508 e. The molecule has 11 heteroatoms. The van der Waals surface area contributed by atoms with Crippen molar-refractivity contribution in [3.8, 4) is 11.5 Å². The molecule has 2 heterocycles. The van der Waals surface area contributed by atoms with Gasteiger partial charge < -0.3 is 24.5 Å². The molecule has 2 aromatic heterocycles. The topological polar surface area (TPSA) is 138 Å². The maximum atomic E-state index is 13.8. The van der Waals surface area contributed by atoms with Crippen LogP contribution in [-0.4, -0.2) is 61.8 Å². The second-order valence-corrected chi connectivity index (χ2v) is 10.9. The van der Waals surface area contributed by atoms with Gasteiger partial charge in [0.1, 0.15) is 35.3 Å². The molecule has 47 heavy (non-hydrogen) atoms. The van der Waals surface area contributed by atoms with E-state index in [9.17, 15) is 19.5 Å². The quantitative estimate of drug-likeness (QED) is 0.150. The Hall–Kier alpha value is -5.97. The third-order valence-corrected chi connectivity index (χ3v) is 7.87. The van der Waals surface area contributed by atoms with Gasteiger partial charge in [0.25, 0.3) is 11.8 Å². The molecule has 0 aliphatic carbocycles. The van der Waals surface area contributed by atoms with Crippen molar-refractivity contribution in [1.29, 1.82) is 0 Å². The fraction of sp³-hybridized carbons (Fsp3) is 0.194. The lowest BCUT2D eigenvalue weighted by atomic mass is 10.1. The van der Waals surface area contributed by atoms with Crippen LogP contribution in [0.25, 0.3) is 22.1 Å². The second-order valence-electron chi connectivity index (χ2n) is 10.9. The first-order valence-corrected chi connectivity index (χ1v) is 15.2. The van der Waals surface area contributed by atoms with Crippen LogP contribution in [0, 0.1) is 0 Å². The number of phenols is 1. The third-order valence-electron chi connectivity index (χ3n) is 7.87. The summed E-state index contributed by atoms with van der Waals surface area (Å²) in [6.07, 6.45) is 0. The number of hydrogen-bond donors (Lipinski definition) is 2. The first kappa shape index (κ1) is 31.0. The molecule has 0 aliphatic heterocycles. The third kappa shape index (κ3) is 6.15. The maximum absolute atomic E-state index is 13.8. The molecule has 238 valence electrons. The number of ether oxygens (including phenoxy) is 2. The molecule has 1 unspecified atom stereocenters. The van der Waals surface area contributed by atoms with Crippen LogP contribution in [0.15, 0.2) is 91.0 Å². The summed E-state index contributed by atoms with van der Waals surface area (Å²) < 4.78 is 14.3. The number of benzene rings is 4. The Bertz CT molecular complexity index is 2120. The van der Waals surface area contributed by atoms with E-state index in [1.807, 2.05) is 24.6 Å². The summed E-state index contributed by atoms with van der Waals surface area (Å²) >= 11 is 0. The number of nitrogens with one attached hydrogen (secondary N) is 1. The van der Waals surface area contributed by atoms with E-state index in [1.54, 1.807) is 84.3 Å². The number of aryl methyl sites for hydroxylation is 1. The van der Waals surface area contributed by atoms with Gasteiger partial charge in [-0.05, 0) is 68.4 Å². The van der Waals surface area contributed by atoms with Gasteiger partial charge in [-0.15, -0.1) is 0 Å². The largest absolute Gasteiger partial charge is 0.508 e. The number of hydrogen-bond acceptors (Lipinski definition) is 8. The zero-order valence-corrected chi connectivity index (χ0v) is 26.1. The van der Waals surface area contributed by atoms with Gasteiger partial charge in [0.15, 0.2) is 0 Å². The molecule has 2 N–H and O–H groups in total. The van der Waals surface area contributed by atoms with E-state index in [0.717, 1.165) is 5.52 Å². The summed E-state index contributed by atoms with van der Waals surface area (Å²) in [5, 5.41) is 13.0. The highest BCUT2D eigenvalue weighted by Crippen LogP contribution is 2.31. The Morgan fingerprint density at radius 2 is 1.60 bits per heavy atom. The molecular weight excluding hydrogens is 598 g/mol. The van der Waals surface area contributed by atoms with Crippen LogP contribution in [-0.2, 0) is 11.8 Å². The van der Waals surface area contributed by atoms with Crippen molar-refractivity contribution in [3.05, 3.63) is 119 Å². The summed E-state index contributed by atoms with van der Waals surface area (Å²) in [7, 11) is 1.86. The van der Waals surface area contributed by atoms with Gasteiger partial charge in [-0.2, -0.15) is 0 Å². The van der Waals surface area contributed by atoms with Crippen molar-refractivity contribution < 1.29 is 29.0 Å². The van der Waals surface area contributed by atoms with Crippen molar-refractivity contribution in [2.75, 3.05) is 19.8 Å². The fourth-order valence-electron chi connectivity index (χ4n) is 5.55. The Kier molecular flexibility index (Phi) is 8.70. The highest BCUT2D eigenvalue weighted by atomic mass is 16.5. The standard InChI is InChI=1S/C36H33N5O6/c1-4-46-36(45)26-12-8-9-13-31(26)47-19-18-37-34(43)24-14-16-27-30(20-24)40(3)32(38-27)22(2)33-39-28-21-25(42)15-17-29(28)41(33)35(44)23-10-6-5-7-11-23/h5-17,20-22,42H,4,18-19H2,1-3H3,(H,37,43). The molecule has 1 amide bonds. The van der Waals surface area contributed by atoms with Crippen LogP contribution < -0.4 is 10.1 Å². The van der Waals surface area contributed by atoms with Crippen molar-refractivity contribution in [1.82, 2.24) is 24.4 Å². The smallest absolute Gasteiger partial charge is 0.341 e. The molecule has 0 spiro atoms. The monoisotopic (exact) mass is 631 g/mol. The number of imidazole rings is 2. The molecule has 11 nitrogen and oxygen atoms in total. The zero-order chi connectivity index (χ0) is 33.1. The molecule has 0 bridgehead atoms. The van der Waals surface area contributed by atoms with Gasteiger partial charge in [-0.3, -0.25) is 14.2 Å². The Balaban J connectivity index is 1.22. The van der Waals surface area contributed by atoms with Gasteiger partial charge in [0.2, 0.25) is 0 Å². The van der Waals surface area contributed by atoms with Crippen LogP contribution in [0.3, 0.4) is 0 Å². The zero-order valence-electron chi connectivity index (χ0n) is 26.1. The molecule has 0 aliphatic rings. The van der Waals surface area contributed by atoms with Crippen LogP contribution >= 0.6 is 0 Å². The van der Waals surface area contributed by atoms with Gasteiger partial charge in [-0.1, -0.05) is 30.3 Å². The number of aromatic nitrogens is 4. The normalized spacial score (nSPS) is 11.8. The number of phenolic OH excluding ortho intramolecular Hbond substituents is 1. The fourth-order valence-corrected chi connectivity index (χ4v) is 5.55. The molecule has 0 saturated heterocycles. The highest BCUT2D eigenvalue weighted by Gasteiger charge is 2.27. The summed E-state index contributed by atoms with van der Waals surface area (Å²) in [5.74, 6) is 0.121. The summed E-state index contributed by atoms with van der Waals surface area (Å²) in [5.41, 5.74) is 3.74. The number of nitrogens with zero attached hydrogens (tertiary/aromatic N) is 4. The summed E-state index contributed by atoms with van der Waals surface area (Å²) in [4.78, 5) is 48.7. The van der Waals surface area contributed by atoms with Crippen LogP contribution in [0.2, 0.25) is 0 Å². The SMILES string of the molecule is CCOC(=O)c1ccccc1OCCNC(=O)c1ccc2nc(C(C)c3nc4cc(O)ccc4n3C(=O)c3ccccc3)n(C)c2c1. The number of carbonyl (C=O) groups is 3. The summed E-state index contributed by atoms with van der Waals surface area (Å²) in [6.45, 7) is 4.28. The Morgan fingerprint density at radius 1 is 0.851 bits per heavy atom. The lowest BCUT2D eigenvalue weighted by Gasteiger charge is -2.14. The van der Waals surface area contributed by atoms with E-state index >= 15 is 0 Å². The minimum atomic E-state index is -0.468. The predicted molar refractivity (Wildman–Crippen MR) is 176 cm³/mol. The highest BCUT2D eigenvalue weighted by molar-refractivity contribution is 6.02. The van der Waals surface area contributed by atoms with Gasteiger partial charge in [0.05, 0.1) is 41.1 Å².